The van der Waals surface area contributed by atoms with Crippen LogP contribution in [0.5, 0.6) is 0 Å². The SMILES string of the molecule is Cc1cccnc1C(=O)NC(C#N)C1CCCCC1. The van der Waals surface area contributed by atoms with Crippen molar-refractivity contribution in [1.82, 2.24) is 10.3 Å². The van der Waals surface area contributed by atoms with E-state index in [0.29, 0.717) is 5.69 Å². The van der Waals surface area contributed by atoms with Gasteiger partial charge in [-0.15, -0.1) is 0 Å². The summed E-state index contributed by atoms with van der Waals surface area (Å²) in [6.45, 7) is 1.85. The maximum atomic E-state index is 12.2. The Hall–Kier alpha value is -1.89. The predicted molar refractivity (Wildman–Crippen MR) is 72.4 cm³/mol. The van der Waals surface area contributed by atoms with Gasteiger partial charge in [0.05, 0.1) is 6.07 Å². The molecule has 0 aromatic carbocycles. The van der Waals surface area contributed by atoms with Gasteiger partial charge in [-0.05, 0) is 37.3 Å². The molecule has 0 aliphatic heterocycles. The molecule has 1 N–H and O–H groups in total. The van der Waals surface area contributed by atoms with Crippen molar-refractivity contribution in [3.8, 4) is 6.07 Å². The molecule has 19 heavy (non-hydrogen) atoms. The van der Waals surface area contributed by atoms with Crippen molar-refractivity contribution in [2.75, 3.05) is 0 Å². The Balaban J connectivity index is 2.04. The fourth-order valence-corrected chi connectivity index (χ4v) is 2.66. The number of amides is 1. The highest BCUT2D eigenvalue weighted by atomic mass is 16.1. The average molecular weight is 257 g/mol. The van der Waals surface area contributed by atoms with Gasteiger partial charge in [-0.2, -0.15) is 5.26 Å². The molecule has 4 heteroatoms. The maximum absolute atomic E-state index is 12.2. The van der Waals surface area contributed by atoms with E-state index in [1.165, 1.54) is 6.42 Å². The van der Waals surface area contributed by atoms with E-state index in [2.05, 4.69) is 16.4 Å². The van der Waals surface area contributed by atoms with Gasteiger partial charge in [0.1, 0.15) is 11.7 Å². The van der Waals surface area contributed by atoms with Crippen molar-refractivity contribution in [2.45, 2.75) is 45.1 Å². The van der Waals surface area contributed by atoms with Crippen LogP contribution in [0.3, 0.4) is 0 Å². The molecule has 0 radical (unpaired) electrons. The van der Waals surface area contributed by atoms with Crippen LogP contribution in [0.4, 0.5) is 0 Å². The van der Waals surface area contributed by atoms with E-state index in [0.717, 1.165) is 31.2 Å². The molecule has 0 spiro atoms. The molecule has 1 aromatic rings. The molecule has 0 bridgehead atoms. The Labute approximate surface area is 113 Å². The van der Waals surface area contributed by atoms with Crippen molar-refractivity contribution < 1.29 is 4.79 Å². The van der Waals surface area contributed by atoms with Crippen LogP contribution >= 0.6 is 0 Å². The summed E-state index contributed by atoms with van der Waals surface area (Å²) in [5.41, 5.74) is 1.25. The van der Waals surface area contributed by atoms with Crippen molar-refractivity contribution in [3.63, 3.8) is 0 Å². The molecule has 1 unspecified atom stereocenters. The molecule has 4 nitrogen and oxygen atoms in total. The zero-order valence-corrected chi connectivity index (χ0v) is 11.2. The number of carbonyl (C=O) groups is 1. The van der Waals surface area contributed by atoms with Crippen molar-refractivity contribution in [3.05, 3.63) is 29.6 Å². The summed E-state index contributed by atoms with van der Waals surface area (Å²) in [5, 5.41) is 12.1. The summed E-state index contributed by atoms with van der Waals surface area (Å²) >= 11 is 0. The van der Waals surface area contributed by atoms with Crippen LogP contribution < -0.4 is 5.32 Å². The lowest BCUT2D eigenvalue weighted by molar-refractivity contribution is 0.0923. The number of pyridine rings is 1. The molecular weight excluding hydrogens is 238 g/mol. The molecule has 1 aromatic heterocycles. The van der Waals surface area contributed by atoms with E-state index < -0.39 is 6.04 Å². The number of rotatable bonds is 3. The van der Waals surface area contributed by atoms with Crippen LogP contribution in [0.25, 0.3) is 0 Å². The standard InChI is InChI=1S/C15H19N3O/c1-11-6-5-9-17-14(11)15(19)18-13(10-16)12-7-3-2-4-8-12/h5-6,9,12-13H,2-4,7-8H2,1H3,(H,18,19). The number of carbonyl (C=O) groups excluding carboxylic acids is 1. The van der Waals surface area contributed by atoms with E-state index in [1.807, 2.05) is 13.0 Å². The topological polar surface area (TPSA) is 65.8 Å². The lowest BCUT2D eigenvalue weighted by Crippen LogP contribution is -2.40. The van der Waals surface area contributed by atoms with Gasteiger partial charge in [-0.1, -0.05) is 25.3 Å². The normalized spacial score (nSPS) is 17.5. The second-order valence-corrected chi connectivity index (χ2v) is 5.15. The first-order valence-corrected chi connectivity index (χ1v) is 6.84. The lowest BCUT2D eigenvalue weighted by Gasteiger charge is -2.26. The van der Waals surface area contributed by atoms with Crippen LogP contribution in [0.1, 0.15) is 48.2 Å². The predicted octanol–water partition coefficient (Wildman–Crippen LogP) is 2.59. The third-order valence-corrected chi connectivity index (χ3v) is 3.77. The molecule has 1 aliphatic carbocycles. The molecular formula is C15H19N3O. The molecule has 2 rings (SSSR count). The quantitative estimate of drug-likeness (QED) is 0.905. The molecule has 0 saturated heterocycles. The summed E-state index contributed by atoms with van der Waals surface area (Å²) in [6, 6.07) is 5.49. The van der Waals surface area contributed by atoms with Crippen molar-refractivity contribution in [1.29, 1.82) is 5.26 Å². The summed E-state index contributed by atoms with van der Waals surface area (Å²) in [7, 11) is 0. The number of nitrogens with zero attached hydrogens (tertiary/aromatic N) is 2. The lowest BCUT2D eigenvalue weighted by atomic mass is 9.84. The molecule has 1 saturated carbocycles. The summed E-state index contributed by atoms with van der Waals surface area (Å²) in [4.78, 5) is 16.2. The van der Waals surface area contributed by atoms with Crippen molar-refractivity contribution >= 4 is 5.91 Å². The van der Waals surface area contributed by atoms with Crippen LogP contribution in [-0.4, -0.2) is 16.9 Å². The summed E-state index contributed by atoms with van der Waals surface area (Å²) in [5.74, 6) is 0.0435. The smallest absolute Gasteiger partial charge is 0.271 e. The number of aryl methyl sites for hydroxylation is 1. The average Bonchev–Trinajstić information content (AvgIpc) is 2.46. The summed E-state index contributed by atoms with van der Waals surface area (Å²) in [6.07, 6.45) is 7.20. The van der Waals surface area contributed by atoms with Gasteiger partial charge in [-0.25, -0.2) is 0 Å². The minimum atomic E-state index is -0.394. The zero-order chi connectivity index (χ0) is 13.7. The van der Waals surface area contributed by atoms with Crippen LogP contribution in [0, 0.1) is 24.2 Å². The van der Waals surface area contributed by atoms with Crippen LogP contribution in [-0.2, 0) is 0 Å². The highest BCUT2D eigenvalue weighted by molar-refractivity contribution is 5.93. The Bertz CT molecular complexity index is 486. The second-order valence-electron chi connectivity index (χ2n) is 5.15. The monoisotopic (exact) mass is 257 g/mol. The van der Waals surface area contributed by atoms with Gasteiger partial charge in [0.25, 0.3) is 5.91 Å². The number of aromatic nitrogens is 1. The van der Waals surface area contributed by atoms with Gasteiger partial charge in [0, 0.05) is 6.20 Å². The number of nitrogens with one attached hydrogen (secondary N) is 1. The second kappa shape index (κ2) is 6.33. The Morgan fingerprint density at radius 3 is 2.84 bits per heavy atom. The number of hydrogen-bond acceptors (Lipinski definition) is 3. The Kier molecular flexibility index (Phi) is 4.51. The third-order valence-electron chi connectivity index (χ3n) is 3.77. The zero-order valence-electron chi connectivity index (χ0n) is 11.2. The molecule has 1 heterocycles. The fourth-order valence-electron chi connectivity index (χ4n) is 2.66. The van der Waals surface area contributed by atoms with Gasteiger partial charge in [0.2, 0.25) is 0 Å². The largest absolute Gasteiger partial charge is 0.335 e. The highest BCUT2D eigenvalue weighted by Crippen LogP contribution is 2.26. The van der Waals surface area contributed by atoms with E-state index in [-0.39, 0.29) is 11.8 Å². The molecule has 1 aliphatic rings. The minimum Gasteiger partial charge on any atom is -0.335 e. The van der Waals surface area contributed by atoms with E-state index in [4.69, 9.17) is 0 Å². The fraction of sp³-hybridized carbons (Fsp3) is 0.533. The first kappa shape index (κ1) is 13.5. The van der Waals surface area contributed by atoms with Gasteiger partial charge in [-0.3, -0.25) is 9.78 Å². The maximum Gasteiger partial charge on any atom is 0.271 e. The molecule has 100 valence electrons. The van der Waals surface area contributed by atoms with Crippen LogP contribution in [0.2, 0.25) is 0 Å². The highest BCUT2D eigenvalue weighted by Gasteiger charge is 2.25. The minimum absolute atomic E-state index is 0.241. The first-order chi connectivity index (χ1) is 9.22. The van der Waals surface area contributed by atoms with Gasteiger partial charge in [0.15, 0.2) is 0 Å². The van der Waals surface area contributed by atoms with Crippen LogP contribution in [0.15, 0.2) is 18.3 Å². The Morgan fingerprint density at radius 2 is 2.21 bits per heavy atom. The molecule has 1 fully saturated rings. The molecule has 1 amide bonds. The number of hydrogen-bond donors (Lipinski definition) is 1. The Morgan fingerprint density at radius 1 is 1.47 bits per heavy atom. The third kappa shape index (κ3) is 3.31. The summed E-state index contributed by atoms with van der Waals surface area (Å²) < 4.78 is 0. The first-order valence-electron chi connectivity index (χ1n) is 6.84. The van der Waals surface area contributed by atoms with E-state index in [9.17, 15) is 10.1 Å². The molecule has 1 atom stereocenters. The number of nitriles is 1. The van der Waals surface area contributed by atoms with E-state index in [1.54, 1.807) is 12.3 Å². The van der Waals surface area contributed by atoms with Crippen molar-refractivity contribution in [2.24, 2.45) is 5.92 Å². The van der Waals surface area contributed by atoms with E-state index >= 15 is 0 Å². The van der Waals surface area contributed by atoms with Gasteiger partial charge >= 0.3 is 0 Å². The van der Waals surface area contributed by atoms with Gasteiger partial charge < -0.3 is 5.32 Å².